The van der Waals surface area contributed by atoms with Crippen molar-refractivity contribution in [1.29, 1.82) is 0 Å². The number of carboxylic acids is 1. The van der Waals surface area contributed by atoms with Crippen LogP contribution in [-0.2, 0) is 19.1 Å². The summed E-state index contributed by atoms with van der Waals surface area (Å²) in [6, 6.07) is 0. The van der Waals surface area contributed by atoms with Crippen molar-refractivity contribution >= 4 is 17.7 Å². The zero-order valence-electron chi connectivity index (χ0n) is 6.16. The first-order valence-electron chi connectivity index (χ1n) is 2.89. The Hall–Kier alpha value is -1.39. The first kappa shape index (κ1) is 9.61. The van der Waals surface area contributed by atoms with Crippen molar-refractivity contribution in [2.45, 2.75) is 20.0 Å². The maximum Gasteiger partial charge on any atom is 0.376 e. The molecule has 0 fully saturated rings. The fourth-order valence-electron chi connectivity index (χ4n) is 0.476. The predicted octanol–water partition coefficient (Wildman–Crippen LogP) is -0.408. The number of ether oxygens (including phenoxy) is 1. The number of rotatable bonds is 3. The van der Waals surface area contributed by atoms with Gasteiger partial charge in [0.25, 0.3) is 5.78 Å². The highest BCUT2D eigenvalue weighted by molar-refractivity contribution is 6.34. The molecule has 62 valence electrons. The van der Waals surface area contributed by atoms with Gasteiger partial charge in [0, 0.05) is 6.92 Å². The minimum absolute atomic E-state index is 0.674. The lowest BCUT2D eigenvalue weighted by molar-refractivity contribution is -0.159. The highest BCUT2D eigenvalue weighted by atomic mass is 16.5. The molecule has 1 unspecified atom stereocenters. The molecule has 0 radical (unpaired) electrons. The minimum atomic E-state index is -1.60. The second kappa shape index (κ2) is 3.70. The summed E-state index contributed by atoms with van der Waals surface area (Å²) in [7, 11) is 0. The van der Waals surface area contributed by atoms with E-state index in [2.05, 4.69) is 4.74 Å². The van der Waals surface area contributed by atoms with Gasteiger partial charge in [-0.3, -0.25) is 9.59 Å². The lowest BCUT2D eigenvalue weighted by Gasteiger charge is -2.06. The summed E-state index contributed by atoms with van der Waals surface area (Å²) in [4.78, 5) is 30.7. The third-order valence-electron chi connectivity index (χ3n) is 0.923. The Morgan fingerprint density at radius 3 is 2.09 bits per heavy atom. The number of ketones is 1. The molecular weight excluding hydrogens is 152 g/mol. The highest BCUT2D eigenvalue weighted by Gasteiger charge is 2.22. The van der Waals surface area contributed by atoms with Gasteiger partial charge in [-0.15, -0.1) is 0 Å². The van der Waals surface area contributed by atoms with Crippen LogP contribution in [0.15, 0.2) is 0 Å². The van der Waals surface area contributed by atoms with Crippen LogP contribution in [-0.4, -0.2) is 28.9 Å². The van der Waals surface area contributed by atoms with Crippen LogP contribution in [0.5, 0.6) is 0 Å². The fourth-order valence-corrected chi connectivity index (χ4v) is 0.476. The number of esters is 1. The van der Waals surface area contributed by atoms with Gasteiger partial charge in [0.15, 0.2) is 6.10 Å². The van der Waals surface area contributed by atoms with E-state index in [1.54, 1.807) is 0 Å². The maximum atomic E-state index is 10.5. The van der Waals surface area contributed by atoms with Crippen LogP contribution in [0.2, 0.25) is 0 Å². The van der Waals surface area contributed by atoms with E-state index in [0.717, 1.165) is 6.92 Å². The third kappa shape index (κ3) is 3.34. The van der Waals surface area contributed by atoms with Crippen LogP contribution in [0.3, 0.4) is 0 Å². The number of carbonyl (C=O) groups is 3. The van der Waals surface area contributed by atoms with Crippen LogP contribution >= 0.6 is 0 Å². The molecule has 11 heavy (non-hydrogen) atoms. The highest BCUT2D eigenvalue weighted by Crippen LogP contribution is 1.92. The van der Waals surface area contributed by atoms with E-state index >= 15 is 0 Å². The Morgan fingerprint density at radius 2 is 1.82 bits per heavy atom. The molecule has 0 heterocycles. The van der Waals surface area contributed by atoms with E-state index in [9.17, 15) is 14.4 Å². The maximum absolute atomic E-state index is 10.5. The average Bonchev–Trinajstić information content (AvgIpc) is 1.84. The van der Waals surface area contributed by atoms with Crippen molar-refractivity contribution in [3.05, 3.63) is 0 Å². The summed E-state index contributed by atoms with van der Waals surface area (Å²) in [6.45, 7) is 2.31. The van der Waals surface area contributed by atoms with E-state index < -0.39 is 23.8 Å². The number of hydrogen-bond donors (Lipinski definition) is 1. The van der Waals surface area contributed by atoms with Crippen molar-refractivity contribution in [3.8, 4) is 0 Å². The second-order valence-corrected chi connectivity index (χ2v) is 1.92. The first-order valence-corrected chi connectivity index (χ1v) is 2.89. The van der Waals surface area contributed by atoms with Crippen molar-refractivity contribution in [3.63, 3.8) is 0 Å². The molecule has 0 aliphatic carbocycles. The Balaban J connectivity index is 4.03. The van der Waals surface area contributed by atoms with Gasteiger partial charge >= 0.3 is 11.9 Å². The molecule has 0 aliphatic heterocycles. The number of aliphatic carboxylic acids is 1. The number of carboxylic acid groups (broad SMARTS) is 1. The van der Waals surface area contributed by atoms with Gasteiger partial charge in [0.2, 0.25) is 0 Å². The van der Waals surface area contributed by atoms with Gasteiger partial charge in [-0.2, -0.15) is 0 Å². The third-order valence-corrected chi connectivity index (χ3v) is 0.923. The first-order chi connectivity index (χ1) is 4.95. The van der Waals surface area contributed by atoms with E-state index in [0.29, 0.717) is 0 Å². The number of Topliss-reactive ketones (excluding diaryl/α,β-unsaturated/α-hetero) is 1. The minimum Gasteiger partial charge on any atom is -0.475 e. The van der Waals surface area contributed by atoms with Crippen molar-refractivity contribution in [2.75, 3.05) is 0 Å². The Kier molecular flexibility index (Phi) is 3.23. The van der Waals surface area contributed by atoms with Gasteiger partial charge in [0.1, 0.15) is 0 Å². The molecule has 0 rings (SSSR count). The summed E-state index contributed by atoms with van der Waals surface area (Å²) in [5.74, 6) is -3.40. The van der Waals surface area contributed by atoms with Gasteiger partial charge in [-0.05, 0) is 6.92 Å². The topological polar surface area (TPSA) is 80.7 Å². The van der Waals surface area contributed by atoms with Crippen LogP contribution in [0.4, 0.5) is 0 Å². The molecule has 0 saturated heterocycles. The summed E-state index contributed by atoms with van der Waals surface area (Å²) in [6.07, 6.45) is -1.20. The zero-order chi connectivity index (χ0) is 9.02. The van der Waals surface area contributed by atoms with Crippen molar-refractivity contribution in [1.82, 2.24) is 0 Å². The van der Waals surface area contributed by atoms with E-state index in [4.69, 9.17) is 5.11 Å². The van der Waals surface area contributed by atoms with Gasteiger partial charge in [0.05, 0.1) is 0 Å². The molecule has 0 aliphatic rings. The summed E-state index contributed by atoms with van der Waals surface area (Å²) < 4.78 is 4.30. The lowest BCUT2D eigenvalue weighted by atomic mass is 10.2. The molecule has 0 aromatic heterocycles. The molecule has 5 nitrogen and oxygen atoms in total. The van der Waals surface area contributed by atoms with Crippen LogP contribution in [0, 0.1) is 0 Å². The SMILES string of the molecule is CC(=O)OC(C)C(=O)C(=O)O. The van der Waals surface area contributed by atoms with Crippen LogP contribution in [0.25, 0.3) is 0 Å². The number of hydrogen-bond acceptors (Lipinski definition) is 4. The molecule has 1 N–H and O–H groups in total. The molecule has 0 bridgehead atoms. The smallest absolute Gasteiger partial charge is 0.376 e. The second-order valence-electron chi connectivity index (χ2n) is 1.92. The molecule has 1 atom stereocenters. The standard InChI is InChI=1S/C6H8O5/c1-3(11-4(2)7)5(8)6(9)10/h3H,1-2H3,(H,9,10). The Morgan fingerprint density at radius 1 is 1.36 bits per heavy atom. The number of carbonyl (C=O) groups excluding carboxylic acids is 2. The van der Waals surface area contributed by atoms with Crippen molar-refractivity contribution in [2.24, 2.45) is 0 Å². The van der Waals surface area contributed by atoms with Gasteiger partial charge < -0.3 is 9.84 Å². The Labute approximate surface area is 63.0 Å². The molecule has 0 aromatic rings. The molecule has 0 spiro atoms. The average molecular weight is 160 g/mol. The normalized spacial score (nSPS) is 11.8. The largest absolute Gasteiger partial charge is 0.475 e. The quantitative estimate of drug-likeness (QED) is 0.448. The lowest BCUT2D eigenvalue weighted by Crippen LogP contribution is -2.29. The summed E-state index contributed by atoms with van der Waals surface area (Å²) in [5.41, 5.74) is 0. The van der Waals surface area contributed by atoms with E-state index in [1.165, 1.54) is 6.92 Å². The predicted molar refractivity (Wildman–Crippen MR) is 33.9 cm³/mol. The van der Waals surface area contributed by atoms with Gasteiger partial charge in [-0.25, -0.2) is 4.79 Å². The van der Waals surface area contributed by atoms with Gasteiger partial charge in [-0.1, -0.05) is 0 Å². The molecular formula is C6H8O5. The summed E-state index contributed by atoms with van der Waals surface area (Å²) >= 11 is 0. The van der Waals surface area contributed by atoms with Crippen LogP contribution in [0.1, 0.15) is 13.8 Å². The Bertz CT molecular complexity index is 195. The van der Waals surface area contributed by atoms with Crippen molar-refractivity contribution < 1.29 is 24.2 Å². The molecule has 0 aromatic carbocycles. The molecule has 5 heteroatoms. The molecule has 0 amide bonds. The zero-order valence-corrected chi connectivity index (χ0v) is 6.16. The monoisotopic (exact) mass is 160 g/mol. The fraction of sp³-hybridized carbons (Fsp3) is 0.500. The van der Waals surface area contributed by atoms with E-state index in [1.807, 2.05) is 0 Å². The van der Waals surface area contributed by atoms with E-state index in [-0.39, 0.29) is 0 Å². The van der Waals surface area contributed by atoms with Crippen LogP contribution < -0.4 is 0 Å². The molecule has 0 saturated carbocycles. The summed E-state index contributed by atoms with van der Waals surface area (Å²) in [5, 5.41) is 8.12.